The molecule has 0 saturated heterocycles. The van der Waals surface area contributed by atoms with Crippen molar-refractivity contribution in [2.45, 2.75) is 20.3 Å². The summed E-state index contributed by atoms with van der Waals surface area (Å²) < 4.78 is 5.61. The van der Waals surface area contributed by atoms with E-state index in [0.29, 0.717) is 18.1 Å². The Morgan fingerprint density at radius 3 is 2.35 bits per heavy atom. The number of hydrogen-bond donors (Lipinski definition) is 2. The Hall–Kier alpha value is -3.08. The highest BCUT2D eigenvalue weighted by Crippen LogP contribution is 2.13. The Balaban J connectivity index is 1.78. The first-order valence-electron chi connectivity index (χ1n) is 8.61. The summed E-state index contributed by atoms with van der Waals surface area (Å²) >= 11 is 0. The van der Waals surface area contributed by atoms with Crippen LogP contribution in [-0.4, -0.2) is 18.4 Å². The standard InChI is InChI=1S/C21H24N2O3/c1-16(2)14-15-26-19-11-9-18(10-12-19)21(25)23-22-20(24)13-8-17-6-4-3-5-7-17/h3-13,16H,14-15H2,1-2H3,(H,22,24)(H,23,25). The lowest BCUT2D eigenvalue weighted by Gasteiger charge is -2.09. The largest absolute Gasteiger partial charge is 0.494 e. The number of amides is 2. The van der Waals surface area contributed by atoms with Crippen molar-refractivity contribution in [3.05, 3.63) is 71.8 Å². The van der Waals surface area contributed by atoms with Gasteiger partial charge >= 0.3 is 0 Å². The van der Waals surface area contributed by atoms with Crippen LogP contribution in [0.3, 0.4) is 0 Å². The van der Waals surface area contributed by atoms with Crippen LogP contribution in [0.5, 0.6) is 5.75 Å². The van der Waals surface area contributed by atoms with Gasteiger partial charge in [-0.15, -0.1) is 0 Å². The SMILES string of the molecule is CC(C)CCOc1ccc(C(=O)NNC(=O)C=Cc2ccccc2)cc1. The fraction of sp³-hybridized carbons (Fsp3) is 0.238. The molecule has 2 aromatic carbocycles. The number of carbonyl (C=O) groups is 2. The molecule has 0 aliphatic heterocycles. The van der Waals surface area contributed by atoms with Crippen molar-refractivity contribution >= 4 is 17.9 Å². The Morgan fingerprint density at radius 2 is 1.69 bits per heavy atom. The van der Waals surface area contributed by atoms with E-state index in [1.807, 2.05) is 30.3 Å². The lowest BCUT2D eigenvalue weighted by Crippen LogP contribution is -2.40. The van der Waals surface area contributed by atoms with Crippen molar-refractivity contribution < 1.29 is 14.3 Å². The van der Waals surface area contributed by atoms with E-state index < -0.39 is 5.91 Å². The molecule has 5 heteroatoms. The maximum atomic E-state index is 12.0. The smallest absolute Gasteiger partial charge is 0.269 e. The molecular formula is C21H24N2O3. The molecule has 0 aromatic heterocycles. The molecule has 2 N–H and O–H groups in total. The molecular weight excluding hydrogens is 328 g/mol. The molecule has 0 bridgehead atoms. The Kier molecular flexibility index (Phi) is 7.43. The minimum Gasteiger partial charge on any atom is -0.494 e. The van der Waals surface area contributed by atoms with Gasteiger partial charge in [-0.3, -0.25) is 20.4 Å². The molecule has 136 valence electrons. The van der Waals surface area contributed by atoms with Gasteiger partial charge in [-0.2, -0.15) is 0 Å². The molecule has 2 aromatic rings. The van der Waals surface area contributed by atoms with Gasteiger partial charge in [-0.1, -0.05) is 44.2 Å². The highest BCUT2D eigenvalue weighted by Gasteiger charge is 2.06. The van der Waals surface area contributed by atoms with Crippen molar-refractivity contribution in [2.75, 3.05) is 6.61 Å². The molecule has 0 aliphatic rings. The van der Waals surface area contributed by atoms with Gasteiger partial charge in [0.05, 0.1) is 6.61 Å². The summed E-state index contributed by atoms with van der Waals surface area (Å²) in [5.74, 6) is 0.507. The molecule has 0 heterocycles. The van der Waals surface area contributed by atoms with Crippen LogP contribution in [0.25, 0.3) is 6.08 Å². The second-order valence-corrected chi connectivity index (χ2v) is 6.24. The number of hydrazine groups is 1. The summed E-state index contributed by atoms with van der Waals surface area (Å²) in [5.41, 5.74) is 6.08. The van der Waals surface area contributed by atoms with Crippen LogP contribution in [0, 0.1) is 5.92 Å². The minimum atomic E-state index is -0.407. The molecule has 26 heavy (non-hydrogen) atoms. The third kappa shape index (κ3) is 6.81. The first-order chi connectivity index (χ1) is 12.5. The van der Waals surface area contributed by atoms with Crippen LogP contribution in [0.4, 0.5) is 0 Å². The van der Waals surface area contributed by atoms with Gasteiger partial charge in [0.2, 0.25) is 0 Å². The molecule has 2 rings (SSSR count). The zero-order chi connectivity index (χ0) is 18.8. The first-order valence-corrected chi connectivity index (χ1v) is 8.61. The zero-order valence-corrected chi connectivity index (χ0v) is 15.1. The molecule has 0 atom stereocenters. The fourth-order valence-electron chi connectivity index (χ4n) is 2.08. The number of rotatable bonds is 7. The van der Waals surface area contributed by atoms with E-state index in [-0.39, 0.29) is 5.91 Å². The molecule has 0 unspecified atom stereocenters. The summed E-state index contributed by atoms with van der Waals surface area (Å²) in [5, 5.41) is 0. The summed E-state index contributed by atoms with van der Waals surface area (Å²) in [4.78, 5) is 23.8. The van der Waals surface area contributed by atoms with Crippen molar-refractivity contribution in [2.24, 2.45) is 5.92 Å². The normalized spacial score (nSPS) is 10.7. The van der Waals surface area contributed by atoms with Crippen LogP contribution >= 0.6 is 0 Å². The van der Waals surface area contributed by atoms with Gasteiger partial charge in [-0.05, 0) is 48.2 Å². The van der Waals surface area contributed by atoms with Crippen LogP contribution in [0.15, 0.2) is 60.7 Å². The summed E-state index contributed by atoms with van der Waals surface area (Å²) in [6, 6.07) is 16.2. The molecule has 5 nitrogen and oxygen atoms in total. The van der Waals surface area contributed by atoms with E-state index in [0.717, 1.165) is 17.7 Å². The maximum Gasteiger partial charge on any atom is 0.269 e. The van der Waals surface area contributed by atoms with Gasteiger partial charge in [-0.25, -0.2) is 0 Å². The second kappa shape index (κ2) is 10.0. The second-order valence-electron chi connectivity index (χ2n) is 6.24. The number of benzene rings is 2. The maximum absolute atomic E-state index is 12.0. The predicted octanol–water partition coefficient (Wildman–Crippen LogP) is 3.59. The predicted molar refractivity (Wildman–Crippen MR) is 102 cm³/mol. The molecule has 0 fully saturated rings. The topological polar surface area (TPSA) is 67.4 Å². The average molecular weight is 352 g/mol. The summed E-state index contributed by atoms with van der Waals surface area (Å²) in [6.45, 7) is 4.92. The first kappa shape index (κ1) is 19.2. The van der Waals surface area contributed by atoms with E-state index in [9.17, 15) is 9.59 Å². The Bertz CT molecular complexity index is 738. The van der Waals surface area contributed by atoms with Gasteiger partial charge in [0.25, 0.3) is 11.8 Å². The fourth-order valence-corrected chi connectivity index (χ4v) is 2.08. The van der Waals surface area contributed by atoms with E-state index >= 15 is 0 Å². The molecule has 0 saturated carbocycles. The number of ether oxygens (including phenoxy) is 1. The van der Waals surface area contributed by atoms with Crippen molar-refractivity contribution in [1.29, 1.82) is 0 Å². The molecule has 2 amide bonds. The van der Waals surface area contributed by atoms with E-state index in [2.05, 4.69) is 24.7 Å². The van der Waals surface area contributed by atoms with Crippen LogP contribution < -0.4 is 15.6 Å². The summed E-state index contributed by atoms with van der Waals surface area (Å²) in [6.07, 6.45) is 4.01. The van der Waals surface area contributed by atoms with Crippen molar-refractivity contribution in [3.63, 3.8) is 0 Å². The monoisotopic (exact) mass is 352 g/mol. The summed E-state index contributed by atoms with van der Waals surface area (Å²) in [7, 11) is 0. The number of carbonyl (C=O) groups excluding carboxylic acids is 2. The number of hydrogen-bond acceptors (Lipinski definition) is 3. The highest BCUT2D eigenvalue weighted by atomic mass is 16.5. The van der Waals surface area contributed by atoms with Crippen molar-refractivity contribution in [3.8, 4) is 5.75 Å². The third-order valence-electron chi connectivity index (χ3n) is 3.61. The highest BCUT2D eigenvalue weighted by molar-refractivity contribution is 5.97. The van der Waals surface area contributed by atoms with Crippen LogP contribution in [-0.2, 0) is 4.79 Å². The third-order valence-corrected chi connectivity index (χ3v) is 3.61. The van der Waals surface area contributed by atoms with E-state index in [1.165, 1.54) is 6.08 Å². The Morgan fingerprint density at radius 1 is 1.00 bits per heavy atom. The average Bonchev–Trinajstić information content (AvgIpc) is 2.65. The van der Waals surface area contributed by atoms with Gasteiger partial charge in [0, 0.05) is 11.6 Å². The molecule has 0 aliphatic carbocycles. The number of nitrogens with one attached hydrogen (secondary N) is 2. The van der Waals surface area contributed by atoms with Gasteiger partial charge < -0.3 is 4.74 Å². The van der Waals surface area contributed by atoms with Gasteiger partial charge in [0.1, 0.15) is 5.75 Å². The zero-order valence-electron chi connectivity index (χ0n) is 15.1. The van der Waals surface area contributed by atoms with Crippen LogP contribution in [0.2, 0.25) is 0 Å². The minimum absolute atomic E-state index is 0.389. The van der Waals surface area contributed by atoms with E-state index in [4.69, 9.17) is 4.74 Å². The lowest BCUT2D eigenvalue weighted by atomic mass is 10.1. The van der Waals surface area contributed by atoms with E-state index in [1.54, 1.807) is 30.3 Å². The van der Waals surface area contributed by atoms with Crippen molar-refractivity contribution in [1.82, 2.24) is 10.9 Å². The molecule has 0 radical (unpaired) electrons. The lowest BCUT2D eigenvalue weighted by molar-refractivity contribution is -0.117. The Labute approximate surface area is 154 Å². The van der Waals surface area contributed by atoms with Crippen LogP contribution in [0.1, 0.15) is 36.2 Å². The quantitative estimate of drug-likeness (QED) is 0.591. The molecule has 0 spiro atoms. The van der Waals surface area contributed by atoms with Gasteiger partial charge in [0.15, 0.2) is 0 Å².